The SMILES string of the molecule is CCOc1ccc(-c2c(Cl)c(CCl)nc3sc4c(c23)CCN(C(=O)OCc2ccccc2)C4)cc1. The Hall–Kier alpha value is -2.80. The minimum Gasteiger partial charge on any atom is -0.494 e. The molecule has 0 fully saturated rings. The molecule has 0 bridgehead atoms. The molecule has 2 aromatic carbocycles. The molecule has 2 aromatic heterocycles. The van der Waals surface area contributed by atoms with E-state index in [0.717, 1.165) is 37.5 Å². The van der Waals surface area contributed by atoms with Gasteiger partial charge in [0.2, 0.25) is 0 Å². The Morgan fingerprint density at radius 3 is 2.63 bits per heavy atom. The Morgan fingerprint density at radius 1 is 1.14 bits per heavy atom. The average Bonchev–Trinajstić information content (AvgIpc) is 3.25. The molecule has 3 heterocycles. The second-order valence-electron chi connectivity index (χ2n) is 8.23. The summed E-state index contributed by atoms with van der Waals surface area (Å²) < 4.78 is 11.2. The van der Waals surface area contributed by atoms with Crippen molar-refractivity contribution in [3.05, 3.63) is 81.3 Å². The molecule has 1 aliphatic rings. The molecule has 180 valence electrons. The van der Waals surface area contributed by atoms with Gasteiger partial charge in [0.1, 0.15) is 17.2 Å². The van der Waals surface area contributed by atoms with Crippen molar-refractivity contribution in [1.29, 1.82) is 0 Å². The smallest absolute Gasteiger partial charge is 0.410 e. The molecular formula is C27H24Cl2N2O3S. The number of amides is 1. The van der Waals surface area contributed by atoms with Gasteiger partial charge in [0.25, 0.3) is 0 Å². The maximum Gasteiger partial charge on any atom is 0.410 e. The number of carbonyl (C=O) groups is 1. The lowest BCUT2D eigenvalue weighted by molar-refractivity contribution is 0.0924. The second-order valence-corrected chi connectivity index (χ2v) is 9.96. The highest BCUT2D eigenvalue weighted by Crippen LogP contribution is 2.44. The average molecular weight is 527 g/mol. The monoisotopic (exact) mass is 526 g/mol. The topological polar surface area (TPSA) is 51.7 Å². The number of aromatic nitrogens is 1. The number of fused-ring (bicyclic) bond motifs is 3. The molecule has 0 radical (unpaired) electrons. The first-order chi connectivity index (χ1) is 17.1. The van der Waals surface area contributed by atoms with Gasteiger partial charge in [-0.1, -0.05) is 54.1 Å². The number of pyridine rings is 1. The zero-order valence-electron chi connectivity index (χ0n) is 19.2. The highest BCUT2D eigenvalue weighted by molar-refractivity contribution is 7.19. The summed E-state index contributed by atoms with van der Waals surface area (Å²) in [6.45, 7) is 3.89. The van der Waals surface area contributed by atoms with E-state index in [1.54, 1.807) is 16.2 Å². The Kier molecular flexibility index (Phi) is 7.14. The van der Waals surface area contributed by atoms with Crippen LogP contribution in [0.25, 0.3) is 21.3 Å². The van der Waals surface area contributed by atoms with Gasteiger partial charge in [0, 0.05) is 22.4 Å². The number of halogens is 2. The van der Waals surface area contributed by atoms with Crippen LogP contribution in [0.1, 0.15) is 28.6 Å². The number of thiophene rings is 1. The standard InChI is InChI=1S/C27H24Cl2N2O3S/c1-2-33-19-10-8-18(9-11-19)23-24-20-12-13-31(27(32)34-16-17-6-4-3-5-7-17)15-22(20)35-26(24)30-21(14-28)25(23)29/h3-11H,2,12-16H2,1H3. The molecule has 0 aliphatic carbocycles. The minimum absolute atomic E-state index is 0.222. The van der Waals surface area contributed by atoms with E-state index in [0.29, 0.717) is 36.8 Å². The minimum atomic E-state index is -0.309. The van der Waals surface area contributed by atoms with Crippen LogP contribution in [-0.2, 0) is 30.2 Å². The van der Waals surface area contributed by atoms with E-state index in [9.17, 15) is 4.79 Å². The third-order valence-corrected chi connectivity index (χ3v) is 7.81. The highest BCUT2D eigenvalue weighted by atomic mass is 35.5. The van der Waals surface area contributed by atoms with Gasteiger partial charge in [0.05, 0.1) is 29.7 Å². The summed E-state index contributed by atoms with van der Waals surface area (Å²) in [6, 6.07) is 17.6. The van der Waals surface area contributed by atoms with E-state index in [4.69, 9.17) is 37.7 Å². The van der Waals surface area contributed by atoms with Crippen molar-refractivity contribution in [2.75, 3.05) is 13.2 Å². The van der Waals surface area contributed by atoms with E-state index in [1.165, 1.54) is 5.56 Å². The fourth-order valence-corrected chi connectivity index (χ4v) is 6.20. The lowest BCUT2D eigenvalue weighted by Gasteiger charge is -2.26. The predicted octanol–water partition coefficient (Wildman–Crippen LogP) is 7.45. The molecule has 5 nitrogen and oxygen atoms in total. The molecule has 0 saturated carbocycles. The van der Waals surface area contributed by atoms with Gasteiger partial charge in [-0.05, 0) is 42.2 Å². The lowest BCUT2D eigenvalue weighted by Crippen LogP contribution is -2.35. The van der Waals surface area contributed by atoms with Crippen molar-refractivity contribution >= 4 is 50.8 Å². The Labute approximate surface area is 218 Å². The van der Waals surface area contributed by atoms with Crippen molar-refractivity contribution in [3.8, 4) is 16.9 Å². The molecule has 4 aromatic rings. The quantitative estimate of drug-likeness (QED) is 0.245. The number of rotatable bonds is 6. The zero-order valence-corrected chi connectivity index (χ0v) is 21.6. The number of hydrogen-bond donors (Lipinski definition) is 0. The number of benzene rings is 2. The van der Waals surface area contributed by atoms with Crippen LogP contribution in [0.2, 0.25) is 5.02 Å². The van der Waals surface area contributed by atoms with Crippen molar-refractivity contribution < 1.29 is 14.3 Å². The number of nitrogens with zero attached hydrogens (tertiary/aromatic N) is 2. The Morgan fingerprint density at radius 2 is 1.91 bits per heavy atom. The summed E-state index contributed by atoms with van der Waals surface area (Å²) in [5, 5.41) is 1.62. The van der Waals surface area contributed by atoms with Crippen molar-refractivity contribution in [2.45, 2.75) is 32.4 Å². The van der Waals surface area contributed by atoms with Crippen molar-refractivity contribution in [1.82, 2.24) is 9.88 Å². The van der Waals surface area contributed by atoms with Crippen LogP contribution >= 0.6 is 34.5 Å². The van der Waals surface area contributed by atoms with E-state index >= 15 is 0 Å². The fraction of sp³-hybridized carbons (Fsp3) is 0.259. The molecule has 0 N–H and O–H groups in total. The van der Waals surface area contributed by atoms with Crippen LogP contribution in [-0.4, -0.2) is 29.1 Å². The van der Waals surface area contributed by atoms with Crippen LogP contribution in [0.15, 0.2) is 54.6 Å². The first-order valence-corrected chi connectivity index (χ1v) is 13.2. The largest absolute Gasteiger partial charge is 0.494 e. The lowest BCUT2D eigenvalue weighted by atomic mass is 9.96. The molecule has 35 heavy (non-hydrogen) atoms. The molecular weight excluding hydrogens is 503 g/mol. The molecule has 0 spiro atoms. The summed E-state index contributed by atoms with van der Waals surface area (Å²) in [5.74, 6) is 1.03. The number of hydrogen-bond acceptors (Lipinski definition) is 5. The maximum absolute atomic E-state index is 12.8. The number of alkyl halides is 1. The fourth-order valence-electron chi connectivity index (χ4n) is 4.36. The summed E-state index contributed by atoms with van der Waals surface area (Å²) >= 11 is 14.6. The molecule has 1 aliphatic heterocycles. The Balaban J connectivity index is 1.47. The highest BCUT2D eigenvalue weighted by Gasteiger charge is 2.28. The molecule has 0 atom stereocenters. The third kappa shape index (κ3) is 4.83. The van der Waals surface area contributed by atoms with Crippen LogP contribution in [0, 0.1) is 0 Å². The van der Waals surface area contributed by atoms with Crippen LogP contribution in [0.5, 0.6) is 5.75 Å². The van der Waals surface area contributed by atoms with Gasteiger partial charge in [-0.15, -0.1) is 22.9 Å². The van der Waals surface area contributed by atoms with Gasteiger partial charge < -0.3 is 14.4 Å². The van der Waals surface area contributed by atoms with Crippen LogP contribution < -0.4 is 4.74 Å². The van der Waals surface area contributed by atoms with E-state index in [1.807, 2.05) is 61.5 Å². The molecule has 8 heteroatoms. The Bertz CT molecular complexity index is 1360. The van der Waals surface area contributed by atoms with Gasteiger partial charge in [-0.25, -0.2) is 9.78 Å². The zero-order chi connectivity index (χ0) is 24.4. The maximum atomic E-state index is 12.8. The second kappa shape index (κ2) is 10.4. The predicted molar refractivity (Wildman–Crippen MR) is 142 cm³/mol. The van der Waals surface area contributed by atoms with E-state index < -0.39 is 0 Å². The molecule has 0 unspecified atom stereocenters. The summed E-state index contributed by atoms with van der Waals surface area (Å²) in [5.41, 5.74) is 4.74. The van der Waals surface area contributed by atoms with Crippen molar-refractivity contribution in [2.24, 2.45) is 0 Å². The van der Waals surface area contributed by atoms with E-state index in [-0.39, 0.29) is 18.6 Å². The molecule has 0 saturated heterocycles. The first-order valence-electron chi connectivity index (χ1n) is 11.5. The first kappa shape index (κ1) is 23.9. The van der Waals surface area contributed by atoms with Gasteiger partial charge >= 0.3 is 6.09 Å². The van der Waals surface area contributed by atoms with Gasteiger partial charge in [0.15, 0.2) is 0 Å². The molecule has 1 amide bonds. The summed E-state index contributed by atoms with van der Waals surface area (Å²) in [7, 11) is 0. The summed E-state index contributed by atoms with van der Waals surface area (Å²) in [6.07, 6.45) is 0.397. The normalized spacial score (nSPS) is 13.1. The van der Waals surface area contributed by atoms with E-state index in [2.05, 4.69) is 0 Å². The summed E-state index contributed by atoms with van der Waals surface area (Å²) in [4.78, 5) is 21.3. The number of ether oxygens (including phenoxy) is 2. The third-order valence-electron chi connectivity index (χ3n) is 6.04. The van der Waals surface area contributed by atoms with Gasteiger partial charge in [-0.2, -0.15) is 0 Å². The van der Waals surface area contributed by atoms with Crippen molar-refractivity contribution in [3.63, 3.8) is 0 Å². The van der Waals surface area contributed by atoms with Crippen LogP contribution in [0.3, 0.4) is 0 Å². The van der Waals surface area contributed by atoms with Crippen LogP contribution in [0.4, 0.5) is 4.79 Å². The number of carbonyl (C=O) groups excluding carboxylic acids is 1. The molecule has 5 rings (SSSR count). The van der Waals surface area contributed by atoms with Gasteiger partial charge in [-0.3, -0.25) is 0 Å².